The highest BCUT2D eigenvalue weighted by molar-refractivity contribution is 6.09. The average molecular weight is 459 g/mol. The third kappa shape index (κ3) is 7.69. The number of aliphatic carboxylic acids is 1. The lowest BCUT2D eigenvalue weighted by atomic mass is 10.0. The topological polar surface area (TPSA) is 98.7 Å². The molecule has 0 radical (unpaired) electrons. The van der Waals surface area contributed by atoms with Crippen molar-refractivity contribution in [3.05, 3.63) is 59.4 Å². The lowest BCUT2D eigenvalue weighted by Crippen LogP contribution is -2.36. The van der Waals surface area contributed by atoms with E-state index < -0.39 is 17.7 Å². The average Bonchev–Trinajstić information content (AvgIpc) is 3.25. The lowest BCUT2D eigenvalue weighted by Gasteiger charge is -2.21. The number of carbonyl (C=O) groups is 2. The Balaban J connectivity index is 0.000000479. The third-order valence-electron chi connectivity index (χ3n) is 5.13. The molecule has 3 rings (SSSR count). The molecule has 0 saturated carbocycles. The fraction of sp³-hybridized carbons (Fsp3) is 0.360. The summed E-state index contributed by atoms with van der Waals surface area (Å²) in [4.78, 5) is 23.3. The summed E-state index contributed by atoms with van der Waals surface area (Å²) in [5, 5.41) is 21.9. The normalized spacial score (nSPS) is 13.3. The van der Waals surface area contributed by atoms with Gasteiger partial charge in [-0.05, 0) is 60.2 Å². The van der Waals surface area contributed by atoms with Crippen LogP contribution in [0, 0.1) is 5.82 Å². The highest BCUT2D eigenvalue weighted by atomic mass is 19.1. The van der Waals surface area contributed by atoms with E-state index in [4.69, 9.17) is 9.84 Å². The Bertz CT molecular complexity index is 1030. The molecule has 2 N–H and O–H groups in total. The second-order valence-electron chi connectivity index (χ2n) is 8.72. The lowest BCUT2D eigenvalue weighted by molar-refractivity contribution is -0.870. The number of hydrogen-bond acceptors (Lipinski definition) is 5. The molecule has 0 spiro atoms. The molecule has 0 bridgehead atoms. The highest BCUT2D eigenvalue weighted by Crippen LogP contribution is 2.29. The number of hydrogen-bond donors (Lipinski definition) is 2. The quantitative estimate of drug-likeness (QED) is 0.621. The van der Waals surface area contributed by atoms with Crippen LogP contribution in [-0.4, -0.2) is 62.9 Å². The van der Waals surface area contributed by atoms with Gasteiger partial charge in [-0.2, -0.15) is 0 Å². The van der Waals surface area contributed by atoms with E-state index in [1.165, 1.54) is 12.1 Å². The Morgan fingerprint density at radius 3 is 2.30 bits per heavy atom. The van der Waals surface area contributed by atoms with Crippen molar-refractivity contribution in [2.75, 3.05) is 46.7 Å². The Morgan fingerprint density at radius 2 is 1.76 bits per heavy atom. The fourth-order valence-electron chi connectivity index (χ4n) is 3.32. The molecule has 1 aliphatic rings. The molecule has 0 atom stereocenters. The van der Waals surface area contributed by atoms with Gasteiger partial charge in [0.1, 0.15) is 18.1 Å². The molecule has 7 nitrogen and oxygen atoms in total. The van der Waals surface area contributed by atoms with Gasteiger partial charge < -0.3 is 29.5 Å². The first kappa shape index (κ1) is 26.0. The van der Waals surface area contributed by atoms with Crippen LogP contribution in [-0.2, 0) is 9.59 Å². The van der Waals surface area contributed by atoms with Crippen LogP contribution in [0.2, 0.25) is 0 Å². The Morgan fingerprint density at radius 1 is 1.09 bits per heavy atom. The van der Waals surface area contributed by atoms with Gasteiger partial charge in [0, 0.05) is 5.57 Å². The molecule has 8 heteroatoms. The number of methoxy groups -OCH3 is 1. The van der Waals surface area contributed by atoms with Crippen LogP contribution >= 0.6 is 0 Å². The van der Waals surface area contributed by atoms with Crippen LogP contribution in [0.3, 0.4) is 0 Å². The summed E-state index contributed by atoms with van der Waals surface area (Å²) in [6.07, 6.45) is 1.21. The van der Waals surface area contributed by atoms with Crippen LogP contribution in [0.4, 0.5) is 10.1 Å². The monoisotopic (exact) mass is 458 g/mol. The molecule has 2 aromatic rings. The minimum atomic E-state index is -1.35. The molecule has 0 aromatic heterocycles. The number of carbonyl (C=O) groups excluding carboxylic acids is 2. The van der Waals surface area contributed by atoms with Crippen LogP contribution in [0.5, 0.6) is 5.75 Å². The second kappa shape index (κ2) is 11.6. The van der Waals surface area contributed by atoms with E-state index in [0.29, 0.717) is 30.6 Å². The Kier molecular flexibility index (Phi) is 9.13. The maximum absolute atomic E-state index is 14.4. The number of halogens is 1. The van der Waals surface area contributed by atoms with E-state index in [1.807, 2.05) is 6.07 Å². The van der Waals surface area contributed by atoms with Crippen molar-refractivity contribution < 1.29 is 33.4 Å². The van der Waals surface area contributed by atoms with E-state index in [1.54, 1.807) is 31.4 Å². The molecule has 1 amide bonds. The number of carboxylic acids is 1. The van der Waals surface area contributed by atoms with Crippen LogP contribution < -0.4 is 15.2 Å². The standard InChI is InChI=1S/C20H18FNO4.C5H14NO/c1-26-14-5-2-4-12(10-14)13-8-9-18(17(21)11-13)22-19(23)15-6-3-7-16(15)20(24)25;1-6(2,3)4-5-7/h2,4-5,8-11H,3,6-7H2,1H3,(H,22,23)(H,24,25);7H,4-5H2,1-3H3/q;+1/p-1. The first-order chi connectivity index (χ1) is 15.6. The number of benzene rings is 2. The number of ether oxygens (including phenoxy) is 1. The Hall–Kier alpha value is -3.23. The predicted octanol–water partition coefficient (Wildman–Crippen LogP) is 2.36. The fourth-order valence-corrected chi connectivity index (χ4v) is 3.32. The maximum atomic E-state index is 14.4. The van der Waals surface area contributed by atoms with Crippen LogP contribution in [0.1, 0.15) is 19.3 Å². The molecule has 0 heterocycles. The molecule has 0 fully saturated rings. The smallest absolute Gasteiger partial charge is 0.252 e. The number of likely N-dealkylation sites (N-methyl/N-ethyl adjacent to an activating group) is 1. The summed E-state index contributed by atoms with van der Waals surface area (Å²) in [5.74, 6) is -1.90. The number of nitrogens with zero attached hydrogens (tertiary/aromatic N) is 1. The van der Waals surface area contributed by atoms with Gasteiger partial charge in [0.15, 0.2) is 0 Å². The van der Waals surface area contributed by atoms with Crippen molar-refractivity contribution in [1.82, 2.24) is 0 Å². The summed E-state index contributed by atoms with van der Waals surface area (Å²) in [6, 6.07) is 11.6. The molecule has 2 aromatic carbocycles. The summed E-state index contributed by atoms with van der Waals surface area (Å²) >= 11 is 0. The number of amides is 1. The number of aliphatic hydroxyl groups is 1. The molecule has 0 saturated heterocycles. The zero-order valence-electron chi connectivity index (χ0n) is 19.5. The van der Waals surface area contributed by atoms with Gasteiger partial charge in [-0.1, -0.05) is 18.2 Å². The summed E-state index contributed by atoms with van der Waals surface area (Å²) in [6.45, 7) is 1.11. The number of aliphatic hydroxyl groups excluding tert-OH is 1. The number of nitrogens with one attached hydrogen (secondary N) is 1. The third-order valence-corrected chi connectivity index (χ3v) is 5.13. The number of anilines is 1. The van der Waals surface area contributed by atoms with Gasteiger partial charge in [0.25, 0.3) is 5.91 Å². The molecule has 1 aliphatic carbocycles. The first-order valence-electron chi connectivity index (χ1n) is 10.7. The number of rotatable bonds is 7. The molecular weight excluding hydrogens is 427 g/mol. The Labute approximate surface area is 193 Å². The van der Waals surface area contributed by atoms with E-state index in [9.17, 15) is 19.1 Å². The largest absolute Gasteiger partial charge is 0.545 e. The van der Waals surface area contributed by atoms with Gasteiger partial charge in [-0.3, -0.25) is 4.79 Å². The molecular formula is C25H31FN2O5. The van der Waals surface area contributed by atoms with Crippen molar-refractivity contribution >= 4 is 17.6 Å². The first-order valence-corrected chi connectivity index (χ1v) is 10.7. The van der Waals surface area contributed by atoms with Crippen molar-refractivity contribution in [1.29, 1.82) is 0 Å². The number of quaternary nitrogens is 1. The second-order valence-corrected chi connectivity index (χ2v) is 8.72. The summed E-state index contributed by atoms with van der Waals surface area (Å²) < 4.78 is 20.4. The van der Waals surface area contributed by atoms with Gasteiger partial charge >= 0.3 is 0 Å². The number of carboxylic acid groups (broad SMARTS) is 1. The van der Waals surface area contributed by atoms with E-state index >= 15 is 0 Å². The van der Waals surface area contributed by atoms with Crippen molar-refractivity contribution in [2.45, 2.75) is 19.3 Å². The molecule has 33 heavy (non-hydrogen) atoms. The van der Waals surface area contributed by atoms with Crippen molar-refractivity contribution in [3.8, 4) is 16.9 Å². The summed E-state index contributed by atoms with van der Waals surface area (Å²) in [5.41, 5.74) is 1.56. The van der Waals surface area contributed by atoms with E-state index in [-0.39, 0.29) is 23.4 Å². The molecule has 0 aliphatic heterocycles. The molecule has 178 valence electrons. The van der Waals surface area contributed by atoms with E-state index in [2.05, 4.69) is 26.5 Å². The SMILES string of the molecule is COc1cccc(-c2ccc(NC(=O)C3=C(C(=O)[O-])CCC3)c(F)c2)c1.C[N+](C)(C)CCO. The van der Waals surface area contributed by atoms with E-state index in [0.717, 1.165) is 16.6 Å². The van der Waals surface area contributed by atoms with Gasteiger partial charge in [-0.15, -0.1) is 0 Å². The van der Waals surface area contributed by atoms with Gasteiger partial charge in [-0.25, -0.2) is 4.39 Å². The highest BCUT2D eigenvalue weighted by Gasteiger charge is 2.22. The van der Waals surface area contributed by atoms with Crippen LogP contribution in [0.15, 0.2) is 53.6 Å². The van der Waals surface area contributed by atoms with Crippen molar-refractivity contribution in [3.63, 3.8) is 0 Å². The molecule has 0 unspecified atom stereocenters. The van der Waals surface area contributed by atoms with Crippen LogP contribution in [0.25, 0.3) is 11.1 Å². The van der Waals surface area contributed by atoms with Gasteiger partial charge in [0.05, 0.1) is 46.5 Å². The summed E-state index contributed by atoms with van der Waals surface area (Å²) in [7, 11) is 7.71. The van der Waals surface area contributed by atoms with Crippen molar-refractivity contribution in [2.24, 2.45) is 0 Å². The minimum absolute atomic E-state index is 0.00116. The van der Waals surface area contributed by atoms with Gasteiger partial charge in [0.2, 0.25) is 0 Å². The predicted molar refractivity (Wildman–Crippen MR) is 123 cm³/mol. The zero-order valence-corrected chi connectivity index (χ0v) is 19.5. The minimum Gasteiger partial charge on any atom is -0.545 e. The zero-order chi connectivity index (χ0) is 24.6. The maximum Gasteiger partial charge on any atom is 0.252 e.